The third-order valence-corrected chi connectivity index (χ3v) is 1.80. The van der Waals surface area contributed by atoms with E-state index < -0.39 is 0 Å². The lowest BCUT2D eigenvalue weighted by atomic mass is 10.1. The highest BCUT2D eigenvalue weighted by Gasteiger charge is 1.91. The zero-order chi connectivity index (χ0) is 11.1. The topological polar surface area (TPSA) is 75.3 Å². The molecule has 0 fully saturated rings. The van der Waals surface area contributed by atoms with Crippen LogP contribution in [-0.4, -0.2) is 11.5 Å². The summed E-state index contributed by atoms with van der Waals surface area (Å²) in [6.45, 7) is 0. The molecular formula is C11H12N2O2. The molecule has 4 N–H and O–H groups in total. The number of hydrogen-bond donors (Lipinski definition) is 3. The predicted octanol–water partition coefficient (Wildman–Crippen LogP) is 1.15. The van der Waals surface area contributed by atoms with Gasteiger partial charge >= 0.3 is 0 Å². The van der Waals surface area contributed by atoms with Crippen molar-refractivity contribution < 1.29 is 9.90 Å². The van der Waals surface area contributed by atoms with E-state index >= 15 is 0 Å². The van der Waals surface area contributed by atoms with Gasteiger partial charge < -0.3 is 5.11 Å². The lowest BCUT2D eigenvalue weighted by Crippen LogP contribution is -2.18. The number of hydrazine groups is 1. The first-order valence-electron chi connectivity index (χ1n) is 4.35. The van der Waals surface area contributed by atoms with Crippen LogP contribution in [0, 0.1) is 0 Å². The first kappa shape index (κ1) is 11.0. The molecule has 4 nitrogen and oxygen atoms in total. The summed E-state index contributed by atoms with van der Waals surface area (Å²) in [4.78, 5) is 8.94. The lowest BCUT2D eigenvalue weighted by Gasteiger charge is -1.96. The van der Waals surface area contributed by atoms with E-state index in [4.69, 9.17) is 9.90 Å². The van der Waals surface area contributed by atoms with E-state index in [1.807, 2.05) is 30.3 Å². The highest BCUT2D eigenvalue weighted by Crippen LogP contribution is 2.18. The number of carbonyl (C=O) groups excluding carboxylic acids is 1. The summed E-state index contributed by atoms with van der Waals surface area (Å²) in [5.41, 5.74) is 1.75. The first-order chi connectivity index (χ1) is 7.27. The quantitative estimate of drug-likeness (QED) is 0.282. The number of amides is 1. The smallest absolute Gasteiger partial charge is 0.221 e. The lowest BCUT2D eigenvalue weighted by molar-refractivity contribution is -0.109. The predicted molar refractivity (Wildman–Crippen MR) is 59.0 cm³/mol. The summed E-state index contributed by atoms with van der Waals surface area (Å²) < 4.78 is 0. The van der Waals surface area contributed by atoms with Crippen LogP contribution in [0.3, 0.4) is 0 Å². The normalized spacial score (nSPS) is 8.87. The second-order valence-electron chi connectivity index (χ2n) is 2.82. The number of aromatic hydroxyl groups is 1. The molecule has 0 radical (unpaired) electrons. The average molecular weight is 204 g/mol. The first-order valence-corrected chi connectivity index (χ1v) is 4.35. The summed E-state index contributed by atoms with van der Waals surface area (Å²) >= 11 is 0. The third kappa shape index (κ3) is 3.28. The largest absolute Gasteiger partial charge is 0.508 e. The van der Waals surface area contributed by atoms with E-state index in [0.717, 1.165) is 10.8 Å². The fraction of sp³-hybridized carbons (Fsp3) is 0. The Labute approximate surface area is 87.3 Å². The van der Waals surface area contributed by atoms with Gasteiger partial charge in [0.05, 0.1) is 0 Å². The van der Waals surface area contributed by atoms with Crippen molar-refractivity contribution in [2.75, 3.05) is 0 Å². The van der Waals surface area contributed by atoms with Crippen LogP contribution in [0.1, 0.15) is 0 Å². The number of fused-ring (bicyclic) bond motifs is 1. The van der Waals surface area contributed by atoms with Crippen molar-refractivity contribution in [1.82, 2.24) is 5.43 Å². The molecule has 0 aliphatic rings. The van der Waals surface area contributed by atoms with Gasteiger partial charge in [0.1, 0.15) is 5.75 Å². The van der Waals surface area contributed by atoms with Crippen LogP contribution >= 0.6 is 0 Å². The summed E-state index contributed by atoms with van der Waals surface area (Å²) in [6, 6.07) is 13.3. The molecule has 1 amide bonds. The second-order valence-corrected chi connectivity index (χ2v) is 2.82. The van der Waals surface area contributed by atoms with Crippen molar-refractivity contribution in [3.05, 3.63) is 42.5 Å². The summed E-state index contributed by atoms with van der Waals surface area (Å²) in [7, 11) is 0. The Morgan fingerprint density at radius 3 is 2.33 bits per heavy atom. The van der Waals surface area contributed by atoms with E-state index in [1.165, 1.54) is 0 Å². The maximum atomic E-state index is 9.13. The molecular weight excluding hydrogens is 192 g/mol. The minimum atomic E-state index is 0.323. The number of nitrogens with one attached hydrogen (secondary N) is 1. The Morgan fingerprint density at radius 1 is 1.13 bits per heavy atom. The Bertz CT molecular complexity index is 443. The molecule has 15 heavy (non-hydrogen) atoms. The van der Waals surface area contributed by atoms with Crippen molar-refractivity contribution in [3.8, 4) is 5.75 Å². The van der Waals surface area contributed by atoms with Gasteiger partial charge in [-0.15, -0.1) is 0 Å². The molecule has 0 atom stereocenters. The van der Waals surface area contributed by atoms with Crippen molar-refractivity contribution in [3.63, 3.8) is 0 Å². The zero-order valence-corrected chi connectivity index (χ0v) is 8.05. The molecule has 0 spiro atoms. The Morgan fingerprint density at radius 2 is 1.73 bits per heavy atom. The number of benzene rings is 2. The summed E-state index contributed by atoms with van der Waals surface area (Å²) in [6.07, 6.45) is 0.403. The maximum absolute atomic E-state index is 9.13. The Kier molecular flexibility index (Phi) is 4.12. The van der Waals surface area contributed by atoms with Gasteiger partial charge in [-0.3, -0.25) is 10.2 Å². The molecule has 0 aliphatic carbocycles. The van der Waals surface area contributed by atoms with Gasteiger partial charge in [-0.2, -0.15) is 0 Å². The Balaban J connectivity index is 0.000000245. The van der Waals surface area contributed by atoms with Crippen LogP contribution in [-0.2, 0) is 4.79 Å². The Hall–Kier alpha value is -2.07. The third-order valence-electron chi connectivity index (χ3n) is 1.80. The van der Waals surface area contributed by atoms with E-state index in [2.05, 4.69) is 5.84 Å². The van der Waals surface area contributed by atoms with Crippen molar-refractivity contribution >= 4 is 17.2 Å². The SMILES string of the molecule is NNC=O.Oc1ccc2ccccc2c1. The number of phenols is 1. The molecule has 2 aromatic carbocycles. The fourth-order valence-corrected chi connectivity index (χ4v) is 1.18. The van der Waals surface area contributed by atoms with Crippen molar-refractivity contribution in [1.29, 1.82) is 0 Å². The highest BCUT2D eigenvalue weighted by atomic mass is 16.3. The van der Waals surface area contributed by atoms with Crippen molar-refractivity contribution in [2.24, 2.45) is 5.84 Å². The zero-order valence-electron chi connectivity index (χ0n) is 8.05. The summed E-state index contributed by atoms with van der Waals surface area (Å²) in [5.74, 6) is 4.73. The van der Waals surface area contributed by atoms with E-state index in [1.54, 1.807) is 17.6 Å². The van der Waals surface area contributed by atoms with Gasteiger partial charge in [0.25, 0.3) is 0 Å². The van der Waals surface area contributed by atoms with Gasteiger partial charge in [0.2, 0.25) is 6.41 Å². The minimum absolute atomic E-state index is 0.323. The number of hydrogen-bond acceptors (Lipinski definition) is 3. The minimum Gasteiger partial charge on any atom is -0.508 e. The molecule has 0 heterocycles. The number of carbonyl (C=O) groups is 1. The fourth-order valence-electron chi connectivity index (χ4n) is 1.18. The van der Waals surface area contributed by atoms with E-state index in [-0.39, 0.29) is 0 Å². The number of nitrogens with two attached hydrogens (primary N) is 1. The molecule has 0 saturated carbocycles. The van der Waals surface area contributed by atoms with Crippen LogP contribution in [0.5, 0.6) is 5.75 Å². The number of rotatable bonds is 1. The number of phenolic OH excluding ortho intramolecular Hbond substituents is 1. The van der Waals surface area contributed by atoms with Crippen LogP contribution < -0.4 is 11.3 Å². The highest BCUT2D eigenvalue weighted by molar-refractivity contribution is 5.83. The molecule has 0 aliphatic heterocycles. The molecule has 2 aromatic rings. The molecule has 0 aromatic heterocycles. The van der Waals surface area contributed by atoms with E-state index in [0.29, 0.717) is 12.2 Å². The molecule has 0 bridgehead atoms. The van der Waals surface area contributed by atoms with Crippen LogP contribution in [0.4, 0.5) is 0 Å². The van der Waals surface area contributed by atoms with Gasteiger partial charge in [-0.05, 0) is 22.9 Å². The molecule has 4 heteroatoms. The second kappa shape index (κ2) is 5.62. The monoisotopic (exact) mass is 204 g/mol. The van der Waals surface area contributed by atoms with Crippen LogP contribution in [0.2, 0.25) is 0 Å². The van der Waals surface area contributed by atoms with Gasteiger partial charge in [0, 0.05) is 0 Å². The molecule has 0 saturated heterocycles. The summed E-state index contributed by atoms with van der Waals surface area (Å²) in [5, 5.41) is 11.4. The maximum Gasteiger partial charge on any atom is 0.221 e. The molecule has 0 unspecified atom stereocenters. The van der Waals surface area contributed by atoms with Crippen molar-refractivity contribution in [2.45, 2.75) is 0 Å². The van der Waals surface area contributed by atoms with Gasteiger partial charge in [0.15, 0.2) is 0 Å². The van der Waals surface area contributed by atoms with Gasteiger partial charge in [-0.25, -0.2) is 5.84 Å². The van der Waals surface area contributed by atoms with Crippen LogP contribution in [0.15, 0.2) is 42.5 Å². The standard InChI is InChI=1S/C10H8O.CH4N2O/c11-10-6-5-8-3-1-2-4-9(8)7-10;2-3-1-4/h1-7,11H;1H,2H2,(H,3,4). The average Bonchev–Trinajstić information content (AvgIpc) is 2.29. The van der Waals surface area contributed by atoms with E-state index in [9.17, 15) is 0 Å². The van der Waals surface area contributed by atoms with Gasteiger partial charge in [-0.1, -0.05) is 30.3 Å². The molecule has 2 rings (SSSR count). The molecule has 78 valence electrons. The van der Waals surface area contributed by atoms with Crippen LogP contribution in [0.25, 0.3) is 10.8 Å².